The number of hydrogen-bond acceptors (Lipinski definition) is 3. The minimum absolute atomic E-state index is 0.162. The highest BCUT2D eigenvalue weighted by molar-refractivity contribution is 6.30. The molecule has 128 valence electrons. The van der Waals surface area contributed by atoms with Gasteiger partial charge >= 0.3 is 11.1 Å². The van der Waals surface area contributed by atoms with Crippen LogP contribution in [0.1, 0.15) is 5.56 Å². The quantitative estimate of drug-likeness (QED) is 0.682. The number of carbonyl (C=O) groups excluding carboxylic acids is 1. The summed E-state index contributed by atoms with van der Waals surface area (Å²) in [5.41, 5.74) is 0.746. The van der Waals surface area contributed by atoms with Gasteiger partial charge in [0.2, 0.25) is 5.91 Å². The molecule has 3 aromatic rings. The number of benzene rings is 2. The van der Waals surface area contributed by atoms with Gasteiger partial charge in [-0.05, 0) is 29.8 Å². The molecule has 0 saturated carbocycles. The topological polar surface area (TPSA) is 84.0 Å². The number of H-pyrrole nitrogens is 1. The van der Waals surface area contributed by atoms with Crippen LogP contribution in [0.15, 0.2) is 58.1 Å². The molecule has 2 aromatic carbocycles. The lowest BCUT2D eigenvalue weighted by atomic mass is 10.1. The third kappa shape index (κ3) is 3.97. The van der Waals surface area contributed by atoms with Gasteiger partial charge in [-0.2, -0.15) is 0 Å². The van der Waals surface area contributed by atoms with Crippen LogP contribution in [-0.4, -0.2) is 22.0 Å². The van der Waals surface area contributed by atoms with Crippen molar-refractivity contribution < 1.29 is 4.79 Å². The fraction of sp³-hybridized carbons (Fsp3) is 0.167. The molecule has 0 spiro atoms. The Bertz CT molecular complexity index is 1020. The van der Waals surface area contributed by atoms with Crippen LogP contribution in [0.5, 0.6) is 0 Å². The number of hydrogen-bond donors (Lipinski definition) is 2. The number of para-hydroxylation sites is 2. The zero-order valence-corrected chi connectivity index (χ0v) is 14.0. The lowest BCUT2D eigenvalue weighted by Crippen LogP contribution is -2.39. The molecule has 6 nitrogen and oxygen atoms in total. The molecule has 1 amide bonds. The van der Waals surface area contributed by atoms with Crippen LogP contribution in [-0.2, 0) is 17.8 Å². The maximum Gasteiger partial charge on any atom is 0.316 e. The number of aromatic amines is 1. The summed E-state index contributed by atoms with van der Waals surface area (Å²) in [5, 5.41) is 3.38. The summed E-state index contributed by atoms with van der Waals surface area (Å²) in [7, 11) is 0. The van der Waals surface area contributed by atoms with Gasteiger partial charge in [0.15, 0.2) is 0 Å². The molecular weight excluding hydrogens is 342 g/mol. The molecule has 0 fully saturated rings. The van der Waals surface area contributed by atoms with Gasteiger partial charge in [0.05, 0.1) is 17.5 Å². The Hall–Kier alpha value is -2.86. The molecule has 2 N–H and O–H groups in total. The lowest BCUT2D eigenvalue weighted by Gasteiger charge is -2.10. The summed E-state index contributed by atoms with van der Waals surface area (Å²) in [4.78, 5) is 38.4. The number of amides is 1. The van der Waals surface area contributed by atoms with Crippen molar-refractivity contribution in [1.29, 1.82) is 0 Å². The third-order valence-electron chi connectivity index (χ3n) is 3.82. The van der Waals surface area contributed by atoms with Crippen molar-refractivity contribution in [1.82, 2.24) is 14.9 Å². The van der Waals surface area contributed by atoms with Crippen LogP contribution in [0, 0.1) is 0 Å². The normalized spacial score (nSPS) is 10.8. The number of fused-ring (bicyclic) bond motifs is 1. The zero-order valence-electron chi connectivity index (χ0n) is 13.3. The van der Waals surface area contributed by atoms with Crippen molar-refractivity contribution in [3.05, 3.63) is 79.8 Å². The lowest BCUT2D eigenvalue weighted by molar-refractivity contribution is -0.120. The van der Waals surface area contributed by atoms with Crippen LogP contribution in [0.2, 0.25) is 5.02 Å². The highest BCUT2D eigenvalue weighted by Gasteiger charge is 2.08. The number of nitrogens with one attached hydrogen (secondary N) is 2. The summed E-state index contributed by atoms with van der Waals surface area (Å²) in [6, 6.07) is 14.1. The molecule has 0 aliphatic heterocycles. The summed E-state index contributed by atoms with van der Waals surface area (Å²) >= 11 is 5.81. The minimum atomic E-state index is -0.675. The first-order valence-electron chi connectivity index (χ1n) is 7.77. The third-order valence-corrected chi connectivity index (χ3v) is 4.07. The van der Waals surface area contributed by atoms with E-state index in [9.17, 15) is 14.4 Å². The van der Waals surface area contributed by atoms with E-state index in [4.69, 9.17) is 11.6 Å². The van der Waals surface area contributed by atoms with Gasteiger partial charge in [0.1, 0.15) is 0 Å². The molecule has 0 saturated heterocycles. The Morgan fingerprint density at radius 3 is 2.56 bits per heavy atom. The van der Waals surface area contributed by atoms with Crippen LogP contribution < -0.4 is 16.4 Å². The van der Waals surface area contributed by atoms with E-state index in [1.54, 1.807) is 48.5 Å². The first kappa shape index (κ1) is 17.0. The summed E-state index contributed by atoms with van der Waals surface area (Å²) < 4.78 is 1.37. The molecule has 7 heteroatoms. The van der Waals surface area contributed by atoms with Crippen molar-refractivity contribution in [3.8, 4) is 0 Å². The number of carbonyl (C=O) groups is 1. The highest BCUT2D eigenvalue weighted by atomic mass is 35.5. The molecule has 0 radical (unpaired) electrons. The van der Waals surface area contributed by atoms with Crippen molar-refractivity contribution in [2.75, 3.05) is 6.54 Å². The molecule has 0 atom stereocenters. The average Bonchev–Trinajstić information content (AvgIpc) is 2.60. The number of rotatable bonds is 5. The van der Waals surface area contributed by atoms with E-state index in [2.05, 4.69) is 10.3 Å². The van der Waals surface area contributed by atoms with Gasteiger partial charge in [-0.3, -0.25) is 14.4 Å². The van der Waals surface area contributed by atoms with Gasteiger partial charge in [-0.15, -0.1) is 0 Å². The van der Waals surface area contributed by atoms with Crippen LogP contribution >= 0.6 is 11.6 Å². The number of aromatic nitrogens is 2. The van der Waals surface area contributed by atoms with Crippen LogP contribution in [0.4, 0.5) is 0 Å². The second kappa shape index (κ2) is 7.36. The summed E-state index contributed by atoms with van der Waals surface area (Å²) in [5.74, 6) is -0.162. The maximum atomic E-state index is 12.1. The molecule has 1 aromatic heterocycles. The van der Waals surface area contributed by atoms with Gasteiger partial charge < -0.3 is 14.9 Å². The standard InChI is InChI=1S/C18H16ClN3O3/c19-13-7-5-12(6-8-13)11-16(23)20-9-10-22-15-4-2-1-3-14(15)21-17(24)18(22)25/h1-8H,9-11H2,(H,20,23)(H,21,24). The number of nitrogens with zero attached hydrogens (tertiary/aromatic N) is 1. The molecular formula is C18H16ClN3O3. The fourth-order valence-electron chi connectivity index (χ4n) is 2.60. The van der Waals surface area contributed by atoms with E-state index in [1.807, 2.05) is 0 Å². The molecule has 0 aliphatic carbocycles. The van der Waals surface area contributed by atoms with Crippen molar-refractivity contribution in [3.63, 3.8) is 0 Å². The van der Waals surface area contributed by atoms with Gasteiger partial charge in [-0.1, -0.05) is 35.9 Å². The Balaban J connectivity index is 1.68. The predicted octanol–water partition coefficient (Wildman–Crippen LogP) is 1.70. The number of halogens is 1. The fourth-order valence-corrected chi connectivity index (χ4v) is 2.73. The SMILES string of the molecule is O=C(Cc1ccc(Cl)cc1)NCCn1c(=O)c(=O)[nH]c2ccccc21. The second-order valence-electron chi connectivity index (χ2n) is 5.58. The van der Waals surface area contributed by atoms with E-state index in [-0.39, 0.29) is 25.4 Å². The first-order valence-corrected chi connectivity index (χ1v) is 8.15. The Kier molecular flexibility index (Phi) is 5.00. The van der Waals surface area contributed by atoms with Crippen LogP contribution in [0.25, 0.3) is 11.0 Å². The Labute approximate surface area is 148 Å². The van der Waals surface area contributed by atoms with Crippen molar-refractivity contribution in [2.45, 2.75) is 13.0 Å². The van der Waals surface area contributed by atoms with E-state index in [0.29, 0.717) is 16.1 Å². The van der Waals surface area contributed by atoms with Gasteiger partial charge in [-0.25, -0.2) is 0 Å². The second-order valence-corrected chi connectivity index (χ2v) is 6.02. The summed E-state index contributed by atoms with van der Waals surface area (Å²) in [6.07, 6.45) is 0.224. The van der Waals surface area contributed by atoms with Gasteiger partial charge in [0, 0.05) is 18.1 Å². The molecule has 1 heterocycles. The average molecular weight is 358 g/mol. The molecule has 0 aliphatic rings. The monoisotopic (exact) mass is 357 g/mol. The maximum absolute atomic E-state index is 12.1. The first-order chi connectivity index (χ1) is 12.0. The van der Waals surface area contributed by atoms with Crippen LogP contribution in [0.3, 0.4) is 0 Å². The van der Waals surface area contributed by atoms with E-state index < -0.39 is 11.1 Å². The molecule has 25 heavy (non-hydrogen) atoms. The summed E-state index contributed by atoms with van der Waals surface area (Å²) in [6.45, 7) is 0.468. The Morgan fingerprint density at radius 2 is 1.80 bits per heavy atom. The predicted molar refractivity (Wildman–Crippen MR) is 97.0 cm³/mol. The van der Waals surface area contributed by atoms with Crippen molar-refractivity contribution in [2.24, 2.45) is 0 Å². The smallest absolute Gasteiger partial charge is 0.316 e. The van der Waals surface area contributed by atoms with E-state index in [0.717, 1.165) is 5.56 Å². The minimum Gasteiger partial charge on any atom is -0.354 e. The van der Waals surface area contributed by atoms with Gasteiger partial charge in [0.25, 0.3) is 0 Å². The zero-order chi connectivity index (χ0) is 17.8. The largest absolute Gasteiger partial charge is 0.354 e. The van der Waals surface area contributed by atoms with E-state index >= 15 is 0 Å². The van der Waals surface area contributed by atoms with E-state index in [1.165, 1.54) is 4.57 Å². The molecule has 0 unspecified atom stereocenters. The highest BCUT2D eigenvalue weighted by Crippen LogP contribution is 2.10. The molecule has 3 rings (SSSR count). The Morgan fingerprint density at radius 1 is 1.08 bits per heavy atom. The molecule has 0 bridgehead atoms. The van der Waals surface area contributed by atoms with Crippen molar-refractivity contribution >= 4 is 28.5 Å².